The first-order chi connectivity index (χ1) is 5.70. The summed E-state index contributed by atoms with van der Waals surface area (Å²) in [5.74, 6) is -0.312. The van der Waals surface area contributed by atoms with Crippen LogP contribution >= 0.6 is 23.2 Å². The lowest BCUT2D eigenvalue weighted by Crippen LogP contribution is -2.39. The van der Waals surface area contributed by atoms with Crippen molar-refractivity contribution < 1.29 is 9.59 Å². The van der Waals surface area contributed by atoms with Gasteiger partial charge in [0.05, 0.1) is 11.8 Å². The van der Waals surface area contributed by atoms with E-state index in [-0.39, 0.29) is 35.2 Å². The standard InChI is InChI=1S/C8H10Cl2O2/c9-3-7(11)5-1-2-6(5)8(12)4-10/h5-6H,1-4H2/t5-,6-/m1/s1. The fraction of sp³-hybridized carbons (Fsp3) is 0.750. The van der Waals surface area contributed by atoms with Gasteiger partial charge in [0.2, 0.25) is 0 Å². The van der Waals surface area contributed by atoms with E-state index in [1.165, 1.54) is 0 Å². The van der Waals surface area contributed by atoms with E-state index < -0.39 is 0 Å². The molecule has 1 rings (SSSR count). The van der Waals surface area contributed by atoms with E-state index in [0.29, 0.717) is 0 Å². The van der Waals surface area contributed by atoms with E-state index in [0.717, 1.165) is 12.8 Å². The van der Waals surface area contributed by atoms with Crippen molar-refractivity contribution in [2.24, 2.45) is 11.8 Å². The summed E-state index contributed by atoms with van der Waals surface area (Å²) in [4.78, 5) is 22.2. The number of rotatable bonds is 4. The van der Waals surface area contributed by atoms with E-state index in [2.05, 4.69) is 0 Å². The molecule has 0 N–H and O–H groups in total. The van der Waals surface area contributed by atoms with Gasteiger partial charge in [0.1, 0.15) is 0 Å². The average molecular weight is 209 g/mol. The summed E-state index contributed by atoms with van der Waals surface area (Å²) in [6.07, 6.45) is 1.58. The molecule has 12 heavy (non-hydrogen) atoms. The predicted octanol–water partition coefficient (Wildman–Crippen LogP) is 1.63. The van der Waals surface area contributed by atoms with Crippen LogP contribution < -0.4 is 0 Å². The lowest BCUT2D eigenvalue weighted by Gasteiger charge is -2.33. The Morgan fingerprint density at radius 3 is 1.50 bits per heavy atom. The van der Waals surface area contributed by atoms with Gasteiger partial charge in [0, 0.05) is 11.8 Å². The average Bonchev–Trinajstić information content (AvgIpc) is 2.02. The van der Waals surface area contributed by atoms with Crippen molar-refractivity contribution in [2.45, 2.75) is 12.8 Å². The van der Waals surface area contributed by atoms with Gasteiger partial charge in [-0.15, -0.1) is 23.2 Å². The zero-order valence-corrected chi connectivity index (χ0v) is 8.07. The van der Waals surface area contributed by atoms with Crippen molar-refractivity contribution in [2.75, 3.05) is 11.8 Å². The fourth-order valence-corrected chi connectivity index (χ4v) is 1.87. The molecule has 2 atom stereocenters. The van der Waals surface area contributed by atoms with Crippen LogP contribution in [0.15, 0.2) is 0 Å². The summed E-state index contributed by atoms with van der Waals surface area (Å²) < 4.78 is 0. The number of carbonyl (C=O) groups is 2. The Morgan fingerprint density at radius 2 is 1.33 bits per heavy atom. The van der Waals surface area contributed by atoms with Crippen molar-refractivity contribution in [1.82, 2.24) is 0 Å². The minimum Gasteiger partial charge on any atom is -0.298 e. The highest BCUT2D eigenvalue weighted by Crippen LogP contribution is 2.36. The number of ketones is 2. The molecule has 0 aromatic rings. The van der Waals surface area contributed by atoms with Crippen LogP contribution in [0.2, 0.25) is 0 Å². The molecule has 0 spiro atoms. The number of halogens is 2. The second kappa shape index (κ2) is 4.24. The number of carbonyl (C=O) groups excluding carboxylic acids is 2. The summed E-state index contributed by atoms with van der Waals surface area (Å²) in [6, 6.07) is 0. The van der Waals surface area contributed by atoms with Crippen molar-refractivity contribution in [1.29, 1.82) is 0 Å². The molecule has 0 heterocycles. The summed E-state index contributed by atoms with van der Waals surface area (Å²) >= 11 is 10.8. The van der Waals surface area contributed by atoms with Crippen LogP contribution in [-0.2, 0) is 9.59 Å². The highest BCUT2D eigenvalue weighted by Gasteiger charge is 2.39. The Balaban J connectivity index is 2.49. The molecule has 1 fully saturated rings. The minimum absolute atomic E-state index is 0.0106. The van der Waals surface area contributed by atoms with Gasteiger partial charge >= 0.3 is 0 Å². The first-order valence-electron chi connectivity index (χ1n) is 3.88. The smallest absolute Gasteiger partial charge is 0.151 e. The van der Waals surface area contributed by atoms with Gasteiger partial charge < -0.3 is 0 Å². The van der Waals surface area contributed by atoms with Crippen molar-refractivity contribution in [3.8, 4) is 0 Å². The van der Waals surface area contributed by atoms with E-state index >= 15 is 0 Å². The molecule has 2 nitrogen and oxygen atoms in total. The third kappa shape index (κ3) is 1.80. The van der Waals surface area contributed by atoms with Crippen molar-refractivity contribution in [3.05, 3.63) is 0 Å². The molecule has 68 valence electrons. The minimum atomic E-state index is -0.145. The quantitative estimate of drug-likeness (QED) is 0.659. The molecule has 0 aliphatic heterocycles. The normalized spacial score (nSPS) is 27.8. The Kier molecular flexibility index (Phi) is 3.53. The number of Topliss-reactive ketones (excluding diaryl/α,β-unsaturated/α-hetero) is 2. The van der Waals surface area contributed by atoms with E-state index in [1.54, 1.807) is 0 Å². The van der Waals surface area contributed by atoms with Crippen LogP contribution in [0.1, 0.15) is 12.8 Å². The van der Waals surface area contributed by atoms with Crippen LogP contribution in [0.4, 0.5) is 0 Å². The molecule has 0 bridgehead atoms. The third-order valence-corrected chi connectivity index (χ3v) is 2.89. The van der Waals surface area contributed by atoms with Gasteiger partial charge in [-0.2, -0.15) is 0 Å². The molecule has 1 aliphatic rings. The zero-order valence-electron chi connectivity index (χ0n) is 6.56. The molecule has 1 saturated carbocycles. The Hall–Kier alpha value is -0.0800. The Labute approximate surface area is 81.2 Å². The van der Waals surface area contributed by atoms with Crippen LogP contribution in [-0.4, -0.2) is 23.3 Å². The number of hydrogen-bond donors (Lipinski definition) is 0. The van der Waals surface area contributed by atoms with E-state index in [1.807, 2.05) is 0 Å². The Bertz CT molecular complexity index is 181. The van der Waals surface area contributed by atoms with E-state index in [9.17, 15) is 9.59 Å². The SMILES string of the molecule is O=C(CCl)[C@@H]1CC[C@H]1C(=O)CCl. The molecule has 4 heteroatoms. The molecule has 0 aromatic carbocycles. The maximum absolute atomic E-state index is 11.1. The summed E-state index contributed by atoms with van der Waals surface area (Å²) in [5, 5.41) is 0. The third-order valence-electron chi connectivity index (χ3n) is 2.36. The highest BCUT2D eigenvalue weighted by molar-refractivity contribution is 6.29. The topological polar surface area (TPSA) is 34.1 Å². The van der Waals surface area contributed by atoms with Crippen molar-refractivity contribution in [3.63, 3.8) is 0 Å². The maximum Gasteiger partial charge on any atom is 0.151 e. The van der Waals surface area contributed by atoms with Gasteiger partial charge in [-0.25, -0.2) is 0 Å². The second-order valence-electron chi connectivity index (χ2n) is 2.99. The summed E-state index contributed by atoms with van der Waals surface area (Å²) in [6.45, 7) is 0. The first-order valence-corrected chi connectivity index (χ1v) is 4.95. The van der Waals surface area contributed by atoms with Gasteiger partial charge in [-0.3, -0.25) is 9.59 Å². The zero-order chi connectivity index (χ0) is 9.14. The lowest BCUT2D eigenvalue weighted by molar-refractivity contribution is -0.135. The van der Waals surface area contributed by atoms with Gasteiger partial charge in [-0.05, 0) is 12.8 Å². The summed E-state index contributed by atoms with van der Waals surface area (Å²) in [5.41, 5.74) is 0. The largest absolute Gasteiger partial charge is 0.298 e. The maximum atomic E-state index is 11.1. The van der Waals surface area contributed by atoms with Gasteiger partial charge in [0.15, 0.2) is 11.6 Å². The van der Waals surface area contributed by atoms with E-state index in [4.69, 9.17) is 23.2 Å². The van der Waals surface area contributed by atoms with Gasteiger partial charge in [0.25, 0.3) is 0 Å². The lowest BCUT2D eigenvalue weighted by atomic mass is 9.70. The predicted molar refractivity (Wildman–Crippen MR) is 47.7 cm³/mol. The molecular formula is C8H10Cl2O2. The molecule has 0 amide bonds. The van der Waals surface area contributed by atoms with Crippen LogP contribution in [0.25, 0.3) is 0 Å². The molecule has 0 saturated heterocycles. The monoisotopic (exact) mass is 208 g/mol. The van der Waals surface area contributed by atoms with Crippen molar-refractivity contribution >= 4 is 34.8 Å². The van der Waals surface area contributed by atoms with Gasteiger partial charge in [-0.1, -0.05) is 0 Å². The summed E-state index contributed by atoms with van der Waals surface area (Å²) in [7, 11) is 0. The Morgan fingerprint density at radius 1 is 1.00 bits per heavy atom. The fourth-order valence-electron chi connectivity index (χ4n) is 1.47. The molecule has 0 unspecified atom stereocenters. The highest BCUT2D eigenvalue weighted by atomic mass is 35.5. The first kappa shape index (κ1) is 10.0. The van der Waals surface area contributed by atoms with Crippen LogP contribution in [0.3, 0.4) is 0 Å². The second-order valence-corrected chi connectivity index (χ2v) is 3.52. The molecular weight excluding hydrogens is 199 g/mol. The van der Waals surface area contributed by atoms with Crippen LogP contribution in [0.5, 0.6) is 0 Å². The molecule has 0 aromatic heterocycles. The number of hydrogen-bond acceptors (Lipinski definition) is 2. The van der Waals surface area contributed by atoms with Crippen LogP contribution in [0, 0.1) is 11.8 Å². The molecule has 1 aliphatic carbocycles. The number of alkyl halides is 2. The molecule has 0 radical (unpaired) electrons.